The van der Waals surface area contributed by atoms with E-state index in [1.165, 1.54) is 0 Å². The maximum Gasteiger partial charge on any atom is 0.223 e. The molecular weight excluding hydrogens is 240 g/mol. The van der Waals surface area contributed by atoms with E-state index in [1.807, 2.05) is 11.0 Å². The summed E-state index contributed by atoms with van der Waals surface area (Å²) in [6, 6.07) is 1.83. The van der Waals surface area contributed by atoms with Crippen LogP contribution in [0.25, 0.3) is 0 Å². The third-order valence-corrected chi connectivity index (χ3v) is 3.86. The van der Waals surface area contributed by atoms with E-state index >= 15 is 0 Å². The molecule has 19 heavy (non-hydrogen) atoms. The fraction of sp³-hybridized carbons (Fsp3) is 0.500. The summed E-state index contributed by atoms with van der Waals surface area (Å²) in [6.07, 6.45) is 7.94. The van der Waals surface area contributed by atoms with Crippen LogP contribution in [0.2, 0.25) is 0 Å². The molecule has 0 fully saturated rings. The first kappa shape index (κ1) is 12.1. The normalized spacial score (nSPS) is 21.5. The zero-order chi connectivity index (χ0) is 13.2. The lowest BCUT2D eigenvalue weighted by Crippen LogP contribution is -2.37. The third kappa shape index (κ3) is 2.59. The molecule has 1 aromatic rings. The molecule has 1 aromatic heterocycles. The van der Waals surface area contributed by atoms with E-state index in [0.29, 0.717) is 24.7 Å². The quantitative estimate of drug-likeness (QED) is 0.812. The van der Waals surface area contributed by atoms with Crippen LogP contribution in [0.1, 0.15) is 30.5 Å². The Kier molecular flexibility index (Phi) is 3.19. The van der Waals surface area contributed by atoms with Gasteiger partial charge in [-0.3, -0.25) is 4.79 Å². The summed E-state index contributed by atoms with van der Waals surface area (Å²) in [5.41, 5.74) is 7.66. The Morgan fingerprint density at radius 3 is 3.16 bits per heavy atom. The second kappa shape index (κ2) is 4.99. The maximum atomic E-state index is 12.3. The molecule has 0 spiro atoms. The van der Waals surface area contributed by atoms with Gasteiger partial charge in [0, 0.05) is 25.9 Å². The van der Waals surface area contributed by atoms with Gasteiger partial charge in [0.15, 0.2) is 0 Å². The highest BCUT2D eigenvalue weighted by Crippen LogP contribution is 2.24. The van der Waals surface area contributed by atoms with Crippen molar-refractivity contribution in [3.05, 3.63) is 29.5 Å². The van der Waals surface area contributed by atoms with Gasteiger partial charge >= 0.3 is 0 Å². The second-order valence-electron chi connectivity index (χ2n) is 5.28. The van der Waals surface area contributed by atoms with Crippen LogP contribution in [0.5, 0.6) is 0 Å². The van der Waals surface area contributed by atoms with Crippen molar-refractivity contribution in [1.82, 2.24) is 15.1 Å². The summed E-state index contributed by atoms with van der Waals surface area (Å²) in [5, 5.41) is 7.95. The highest BCUT2D eigenvalue weighted by atomic mass is 16.2. The van der Waals surface area contributed by atoms with Crippen molar-refractivity contribution in [3.63, 3.8) is 0 Å². The number of nitrogens with zero attached hydrogens (tertiary/aromatic N) is 3. The second-order valence-corrected chi connectivity index (χ2v) is 5.28. The van der Waals surface area contributed by atoms with Crippen LogP contribution in [-0.2, 0) is 17.8 Å². The number of hydrogen-bond donors (Lipinski definition) is 1. The number of carbonyl (C=O) groups excluding carboxylic acids is 1. The predicted octanol–water partition coefficient (Wildman–Crippen LogP) is 1.30. The number of aromatic nitrogens is 2. The van der Waals surface area contributed by atoms with Gasteiger partial charge in [0.05, 0.1) is 5.69 Å². The summed E-state index contributed by atoms with van der Waals surface area (Å²) >= 11 is 0. The van der Waals surface area contributed by atoms with Gasteiger partial charge in [-0.15, -0.1) is 5.10 Å². The summed E-state index contributed by atoms with van der Waals surface area (Å²) in [4.78, 5) is 14.2. The topological polar surface area (TPSA) is 72.1 Å². The van der Waals surface area contributed by atoms with Crippen molar-refractivity contribution in [1.29, 1.82) is 0 Å². The maximum absolute atomic E-state index is 12.3. The molecule has 2 aliphatic rings. The monoisotopic (exact) mass is 258 g/mol. The van der Waals surface area contributed by atoms with Gasteiger partial charge in [0.25, 0.3) is 0 Å². The highest BCUT2D eigenvalue weighted by molar-refractivity contribution is 5.77. The van der Waals surface area contributed by atoms with Crippen molar-refractivity contribution in [2.24, 2.45) is 5.92 Å². The largest absolute Gasteiger partial charge is 0.382 e. The zero-order valence-corrected chi connectivity index (χ0v) is 10.9. The molecule has 1 aliphatic carbocycles. The van der Waals surface area contributed by atoms with Gasteiger partial charge in [0.1, 0.15) is 5.82 Å². The predicted molar refractivity (Wildman–Crippen MR) is 72.0 cm³/mol. The molecule has 1 atom stereocenters. The zero-order valence-electron chi connectivity index (χ0n) is 10.9. The first-order valence-corrected chi connectivity index (χ1v) is 6.78. The summed E-state index contributed by atoms with van der Waals surface area (Å²) in [5.74, 6) is 1.08. The van der Waals surface area contributed by atoms with Crippen LogP contribution < -0.4 is 5.73 Å². The van der Waals surface area contributed by atoms with Crippen LogP contribution in [0.3, 0.4) is 0 Å². The SMILES string of the molecule is Nc1cc2c(nn1)CCN(C(=O)CC1C=CCC1)C2. The van der Waals surface area contributed by atoms with E-state index in [9.17, 15) is 4.79 Å². The molecule has 1 amide bonds. The fourth-order valence-electron chi connectivity index (χ4n) is 2.78. The summed E-state index contributed by atoms with van der Waals surface area (Å²) in [7, 11) is 0. The molecule has 0 radical (unpaired) electrons. The number of amides is 1. The Balaban J connectivity index is 1.67. The highest BCUT2D eigenvalue weighted by Gasteiger charge is 2.24. The van der Waals surface area contributed by atoms with Crippen LogP contribution in [0.4, 0.5) is 5.82 Å². The van der Waals surface area contributed by atoms with Crippen LogP contribution in [0.15, 0.2) is 18.2 Å². The van der Waals surface area contributed by atoms with E-state index in [0.717, 1.165) is 37.1 Å². The van der Waals surface area contributed by atoms with Gasteiger partial charge in [0.2, 0.25) is 5.91 Å². The number of rotatable bonds is 2. The Morgan fingerprint density at radius 1 is 1.47 bits per heavy atom. The molecule has 0 saturated heterocycles. The average molecular weight is 258 g/mol. The molecule has 0 bridgehead atoms. The number of carbonyl (C=O) groups is 1. The van der Waals surface area contributed by atoms with E-state index in [1.54, 1.807) is 0 Å². The van der Waals surface area contributed by atoms with Gasteiger partial charge < -0.3 is 10.6 Å². The lowest BCUT2D eigenvalue weighted by molar-refractivity contribution is -0.132. The smallest absolute Gasteiger partial charge is 0.223 e. The molecule has 2 N–H and O–H groups in total. The van der Waals surface area contributed by atoms with Gasteiger partial charge in [-0.1, -0.05) is 12.2 Å². The van der Waals surface area contributed by atoms with Crippen molar-refractivity contribution in [3.8, 4) is 0 Å². The average Bonchev–Trinajstić information content (AvgIpc) is 2.90. The minimum absolute atomic E-state index is 0.234. The van der Waals surface area contributed by atoms with E-state index in [2.05, 4.69) is 22.3 Å². The van der Waals surface area contributed by atoms with Gasteiger partial charge in [-0.05, 0) is 30.4 Å². The van der Waals surface area contributed by atoms with Crippen molar-refractivity contribution in [2.75, 3.05) is 12.3 Å². The number of nitrogens with two attached hydrogens (primary N) is 1. The van der Waals surface area contributed by atoms with Gasteiger partial charge in [-0.25, -0.2) is 0 Å². The van der Waals surface area contributed by atoms with Crippen LogP contribution >= 0.6 is 0 Å². The fourth-order valence-corrected chi connectivity index (χ4v) is 2.78. The van der Waals surface area contributed by atoms with Crippen molar-refractivity contribution < 1.29 is 4.79 Å². The molecule has 5 heteroatoms. The van der Waals surface area contributed by atoms with E-state index in [4.69, 9.17) is 5.73 Å². The standard InChI is InChI=1S/C14H18N4O/c15-13-8-11-9-18(6-5-12(11)16-17-13)14(19)7-10-3-1-2-4-10/h1,3,8,10H,2,4-7,9H2,(H2,15,17). The number of nitrogen functional groups attached to an aromatic ring is 1. The molecule has 1 aliphatic heterocycles. The summed E-state index contributed by atoms with van der Waals surface area (Å²) in [6.45, 7) is 1.35. The number of hydrogen-bond acceptors (Lipinski definition) is 4. The molecule has 0 aromatic carbocycles. The molecule has 100 valence electrons. The Labute approximate surface area is 112 Å². The van der Waals surface area contributed by atoms with Crippen LogP contribution in [-0.4, -0.2) is 27.5 Å². The first-order valence-electron chi connectivity index (χ1n) is 6.78. The van der Waals surface area contributed by atoms with Crippen LogP contribution in [0, 0.1) is 5.92 Å². The lowest BCUT2D eigenvalue weighted by atomic mass is 10.0. The van der Waals surface area contributed by atoms with Gasteiger partial charge in [-0.2, -0.15) is 5.10 Å². The Bertz CT molecular complexity index is 526. The Hall–Kier alpha value is -1.91. The molecule has 0 saturated carbocycles. The minimum Gasteiger partial charge on any atom is -0.382 e. The van der Waals surface area contributed by atoms with Crippen molar-refractivity contribution >= 4 is 11.7 Å². The molecule has 1 unspecified atom stereocenters. The third-order valence-electron chi connectivity index (χ3n) is 3.86. The lowest BCUT2D eigenvalue weighted by Gasteiger charge is -2.28. The van der Waals surface area contributed by atoms with Crippen molar-refractivity contribution in [2.45, 2.75) is 32.2 Å². The summed E-state index contributed by atoms with van der Waals surface area (Å²) < 4.78 is 0. The Morgan fingerprint density at radius 2 is 2.37 bits per heavy atom. The number of allylic oxidation sites excluding steroid dienone is 2. The molecule has 2 heterocycles. The number of anilines is 1. The molecular formula is C14H18N4O. The number of fused-ring (bicyclic) bond motifs is 1. The minimum atomic E-state index is 0.234. The molecule has 3 rings (SSSR count). The molecule has 5 nitrogen and oxygen atoms in total. The van der Waals surface area contributed by atoms with E-state index in [-0.39, 0.29) is 5.91 Å². The van der Waals surface area contributed by atoms with E-state index < -0.39 is 0 Å². The first-order chi connectivity index (χ1) is 9.22.